The fraction of sp³-hybridized carbons (Fsp3) is 0.348. The van der Waals surface area contributed by atoms with Gasteiger partial charge < -0.3 is 14.6 Å². The van der Waals surface area contributed by atoms with Crippen molar-refractivity contribution < 1.29 is 9.53 Å². The van der Waals surface area contributed by atoms with Gasteiger partial charge in [-0.15, -0.1) is 0 Å². The molecule has 0 aliphatic heterocycles. The van der Waals surface area contributed by atoms with E-state index in [9.17, 15) is 9.59 Å². The standard InChI is InChI=1S/C23H27N3O3/c1-4-11-26-21-12-18(8-9-19(21)20(16(2)3)13-23(26)28)29-15-22(27)25-14-17-7-5-6-10-24-17/h5-10,12-13,16H,4,11,14-15H2,1-3H3,(H,25,27). The highest BCUT2D eigenvalue weighted by Crippen LogP contribution is 2.27. The van der Waals surface area contributed by atoms with Crippen molar-refractivity contribution in [3.8, 4) is 5.75 Å². The van der Waals surface area contributed by atoms with Crippen LogP contribution in [0.15, 0.2) is 53.5 Å². The third-order valence-electron chi connectivity index (χ3n) is 4.75. The molecule has 0 bridgehead atoms. The topological polar surface area (TPSA) is 73.2 Å². The van der Waals surface area contributed by atoms with Gasteiger partial charge in [-0.05, 0) is 42.2 Å². The minimum atomic E-state index is -0.224. The molecule has 3 rings (SSSR count). The number of carbonyl (C=O) groups excluding carboxylic acids is 1. The Morgan fingerprint density at radius 2 is 2.03 bits per heavy atom. The number of benzene rings is 1. The molecule has 0 atom stereocenters. The number of hydrogen-bond acceptors (Lipinski definition) is 4. The van der Waals surface area contributed by atoms with Crippen LogP contribution in [0.25, 0.3) is 10.9 Å². The normalized spacial score (nSPS) is 11.0. The minimum Gasteiger partial charge on any atom is -0.484 e. The fourth-order valence-corrected chi connectivity index (χ4v) is 3.30. The van der Waals surface area contributed by atoms with E-state index in [2.05, 4.69) is 24.1 Å². The van der Waals surface area contributed by atoms with Crippen LogP contribution in [0.2, 0.25) is 0 Å². The van der Waals surface area contributed by atoms with Crippen LogP contribution in [-0.2, 0) is 17.9 Å². The lowest BCUT2D eigenvalue weighted by atomic mass is 9.98. The monoisotopic (exact) mass is 393 g/mol. The van der Waals surface area contributed by atoms with E-state index in [1.165, 1.54) is 0 Å². The van der Waals surface area contributed by atoms with Gasteiger partial charge in [-0.2, -0.15) is 0 Å². The molecular weight excluding hydrogens is 366 g/mol. The van der Waals surface area contributed by atoms with Gasteiger partial charge in [0.05, 0.1) is 17.8 Å². The van der Waals surface area contributed by atoms with Crippen molar-refractivity contribution in [3.05, 3.63) is 70.3 Å². The Balaban J connectivity index is 1.77. The number of pyridine rings is 2. The summed E-state index contributed by atoms with van der Waals surface area (Å²) in [7, 11) is 0. The van der Waals surface area contributed by atoms with Gasteiger partial charge in [-0.1, -0.05) is 26.8 Å². The number of rotatable bonds is 8. The van der Waals surface area contributed by atoms with Crippen molar-refractivity contribution in [2.75, 3.05) is 6.61 Å². The van der Waals surface area contributed by atoms with Gasteiger partial charge in [0.1, 0.15) is 5.75 Å². The van der Waals surface area contributed by atoms with E-state index in [1.54, 1.807) is 16.8 Å². The lowest BCUT2D eigenvalue weighted by Gasteiger charge is -2.16. The Bertz CT molecular complexity index is 1040. The Morgan fingerprint density at radius 3 is 2.72 bits per heavy atom. The predicted octanol–water partition coefficient (Wildman–Crippen LogP) is 3.63. The Kier molecular flexibility index (Phi) is 6.65. The van der Waals surface area contributed by atoms with Gasteiger partial charge in [0, 0.05) is 30.3 Å². The van der Waals surface area contributed by atoms with Crippen LogP contribution in [-0.4, -0.2) is 22.1 Å². The average Bonchev–Trinajstić information content (AvgIpc) is 2.73. The summed E-state index contributed by atoms with van der Waals surface area (Å²) in [6.45, 7) is 7.10. The van der Waals surface area contributed by atoms with Gasteiger partial charge in [-0.25, -0.2) is 0 Å². The van der Waals surface area contributed by atoms with E-state index >= 15 is 0 Å². The van der Waals surface area contributed by atoms with E-state index in [-0.39, 0.29) is 24.0 Å². The summed E-state index contributed by atoms with van der Waals surface area (Å²) < 4.78 is 7.46. The second-order valence-corrected chi connectivity index (χ2v) is 7.31. The first-order chi connectivity index (χ1) is 14.0. The Morgan fingerprint density at radius 1 is 1.21 bits per heavy atom. The Labute approximate surface area is 170 Å². The smallest absolute Gasteiger partial charge is 0.258 e. The van der Waals surface area contributed by atoms with Gasteiger partial charge in [0.15, 0.2) is 6.61 Å². The molecule has 6 nitrogen and oxygen atoms in total. The van der Waals surface area contributed by atoms with E-state index in [1.807, 2.05) is 43.3 Å². The SMILES string of the molecule is CCCn1c(=O)cc(C(C)C)c2ccc(OCC(=O)NCc3ccccn3)cc21. The summed E-state index contributed by atoms with van der Waals surface area (Å²) in [6, 6.07) is 13.0. The number of hydrogen-bond donors (Lipinski definition) is 1. The summed E-state index contributed by atoms with van der Waals surface area (Å²) in [5.74, 6) is 0.582. The van der Waals surface area contributed by atoms with Gasteiger partial charge in [0.2, 0.25) is 0 Å². The Hall–Kier alpha value is -3.15. The fourth-order valence-electron chi connectivity index (χ4n) is 3.30. The number of nitrogens with zero attached hydrogens (tertiary/aromatic N) is 2. The first-order valence-corrected chi connectivity index (χ1v) is 9.96. The van der Waals surface area contributed by atoms with Crippen LogP contribution in [0.4, 0.5) is 0 Å². The highest BCUT2D eigenvalue weighted by atomic mass is 16.5. The maximum absolute atomic E-state index is 12.6. The highest BCUT2D eigenvalue weighted by molar-refractivity contribution is 5.84. The number of nitrogens with one attached hydrogen (secondary N) is 1. The number of aromatic nitrogens is 2. The molecule has 1 amide bonds. The molecule has 0 fully saturated rings. The summed E-state index contributed by atoms with van der Waals surface area (Å²) >= 11 is 0. The number of amides is 1. The molecule has 2 heterocycles. The molecule has 0 unspecified atom stereocenters. The predicted molar refractivity (Wildman–Crippen MR) is 114 cm³/mol. The van der Waals surface area contributed by atoms with Crippen molar-refractivity contribution >= 4 is 16.8 Å². The maximum atomic E-state index is 12.6. The molecule has 1 N–H and O–H groups in total. The molecule has 6 heteroatoms. The third-order valence-corrected chi connectivity index (χ3v) is 4.75. The molecule has 0 spiro atoms. The molecule has 0 aliphatic rings. The highest BCUT2D eigenvalue weighted by Gasteiger charge is 2.13. The zero-order valence-corrected chi connectivity index (χ0v) is 17.1. The van der Waals surface area contributed by atoms with E-state index in [0.717, 1.165) is 28.6 Å². The third kappa shape index (κ3) is 5.02. The molecule has 29 heavy (non-hydrogen) atoms. The molecule has 0 aliphatic carbocycles. The van der Waals surface area contributed by atoms with Crippen molar-refractivity contribution in [2.24, 2.45) is 0 Å². The molecule has 0 saturated carbocycles. The molecular formula is C23H27N3O3. The number of fused-ring (bicyclic) bond motifs is 1. The van der Waals surface area contributed by atoms with Gasteiger partial charge in [-0.3, -0.25) is 14.6 Å². The molecule has 2 aromatic heterocycles. The summed E-state index contributed by atoms with van der Waals surface area (Å²) in [5.41, 5.74) is 2.65. The first kappa shape index (κ1) is 20.6. The van der Waals surface area contributed by atoms with Crippen LogP contribution in [0.1, 0.15) is 44.4 Å². The second kappa shape index (κ2) is 9.37. The maximum Gasteiger partial charge on any atom is 0.258 e. The number of carbonyl (C=O) groups is 1. The lowest BCUT2D eigenvalue weighted by molar-refractivity contribution is -0.123. The summed E-state index contributed by atoms with van der Waals surface area (Å²) in [4.78, 5) is 28.9. The van der Waals surface area contributed by atoms with E-state index < -0.39 is 0 Å². The van der Waals surface area contributed by atoms with Crippen molar-refractivity contribution in [2.45, 2.75) is 46.2 Å². The summed E-state index contributed by atoms with van der Waals surface area (Å²) in [5, 5.41) is 3.83. The zero-order valence-electron chi connectivity index (χ0n) is 17.1. The largest absolute Gasteiger partial charge is 0.484 e. The molecule has 0 radical (unpaired) electrons. The molecule has 3 aromatic rings. The second-order valence-electron chi connectivity index (χ2n) is 7.31. The van der Waals surface area contributed by atoms with Crippen LogP contribution >= 0.6 is 0 Å². The van der Waals surface area contributed by atoms with Crippen molar-refractivity contribution in [1.29, 1.82) is 0 Å². The quantitative estimate of drug-likeness (QED) is 0.634. The zero-order chi connectivity index (χ0) is 20.8. The average molecular weight is 393 g/mol. The number of aryl methyl sites for hydroxylation is 1. The van der Waals surface area contributed by atoms with Crippen LogP contribution in [0.3, 0.4) is 0 Å². The van der Waals surface area contributed by atoms with E-state index in [0.29, 0.717) is 18.8 Å². The summed E-state index contributed by atoms with van der Waals surface area (Å²) in [6.07, 6.45) is 2.55. The van der Waals surface area contributed by atoms with Crippen molar-refractivity contribution in [1.82, 2.24) is 14.9 Å². The van der Waals surface area contributed by atoms with Crippen LogP contribution < -0.4 is 15.6 Å². The minimum absolute atomic E-state index is 0.00620. The lowest BCUT2D eigenvalue weighted by Crippen LogP contribution is -2.28. The van der Waals surface area contributed by atoms with E-state index in [4.69, 9.17) is 4.74 Å². The van der Waals surface area contributed by atoms with Crippen LogP contribution in [0, 0.1) is 0 Å². The number of ether oxygens (including phenoxy) is 1. The molecule has 152 valence electrons. The van der Waals surface area contributed by atoms with Gasteiger partial charge in [0.25, 0.3) is 11.5 Å². The van der Waals surface area contributed by atoms with Crippen molar-refractivity contribution in [3.63, 3.8) is 0 Å². The molecule has 0 saturated heterocycles. The molecule has 1 aromatic carbocycles. The van der Waals surface area contributed by atoms with Gasteiger partial charge >= 0.3 is 0 Å². The van der Waals surface area contributed by atoms with Crippen LogP contribution in [0.5, 0.6) is 5.75 Å². The first-order valence-electron chi connectivity index (χ1n) is 9.96.